The van der Waals surface area contributed by atoms with Gasteiger partial charge in [0.1, 0.15) is 0 Å². The fourth-order valence-electron chi connectivity index (χ4n) is 4.71. The minimum absolute atomic E-state index is 0.0285. The number of hydrogen-bond acceptors (Lipinski definition) is 3. The molecule has 156 valence electrons. The molecule has 1 saturated heterocycles. The largest absolute Gasteiger partial charge is 0.348 e. The Balaban J connectivity index is 1.50. The quantitative estimate of drug-likeness (QED) is 0.799. The molecule has 1 saturated carbocycles. The molecule has 2 fully saturated rings. The van der Waals surface area contributed by atoms with Gasteiger partial charge in [-0.3, -0.25) is 9.10 Å². The first-order valence-corrected chi connectivity index (χ1v) is 12.1. The van der Waals surface area contributed by atoms with E-state index >= 15 is 0 Å². The van der Waals surface area contributed by atoms with Crippen LogP contribution < -0.4 is 9.62 Å². The molecule has 29 heavy (non-hydrogen) atoms. The molecule has 2 heterocycles. The summed E-state index contributed by atoms with van der Waals surface area (Å²) in [5.74, 6) is 0.155. The summed E-state index contributed by atoms with van der Waals surface area (Å²) in [6, 6.07) is 11.2. The summed E-state index contributed by atoms with van der Waals surface area (Å²) >= 11 is 0. The van der Waals surface area contributed by atoms with Gasteiger partial charge in [-0.2, -0.15) is 0 Å². The van der Waals surface area contributed by atoms with Gasteiger partial charge in [0.2, 0.25) is 15.9 Å². The van der Waals surface area contributed by atoms with Crippen LogP contribution in [0.1, 0.15) is 51.4 Å². The third kappa shape index (κ3) is 4.34. The van der Waals surface area contributed by atoms with E-state index in [2.05, 4.69) is 22.3 Å². The summed E-state index contributed by atoms with van der Waals surface area (Å²) < 4.78 is 28.4. The second kappa shape index (κ2) is 8.22. The van der Waals surface area contributed by atoms with Gasteiger partial charge in [0, 0.05) is 24.6 Å². The van der Waals surface area contributed by atoms with Gasteiger partial charge in [0.25, 0.3) is 0 Å². The predicted molar refractivity (Wildman–Crippen MR) is 116 cm³/mol. The van der Waals surface area contributed by atoms with Crippen molar-refractivity contribution >= 4 is 27.3 Å². The number of nitrogens with zero attached hydrogens (tertiary/aromatic N) is 2. The number of aromatic nitrogens is 1. The Kier molecular flexibility index (Phi) is 5.67. The highest BCUT2D eigenvalue weighted by Crippen LogP contribution is 2.38. The van der Waals surface area contributed by atoms with Crippen molar-refractivity contribution in [1.29, 1.82) is 0 Å². The Morgan fingerprint density at radius 1 is 1.00 bits per heavy atom. The first-order chi connectivity index (χ1) is 14.0. The van der Waals surface area contributed by atoms with Crippen LogP contribution in [-0.2, 0) is 20.4 Å². The Morgan fingerprint density at radius 2 is 1.76 bits per heavy atom. The maximum atomic E-state index is 12.9. The highest BCUT2D eigenvalue weighted by atomic mass is 32.2. The van der Waals surface area contributed by atoms with Crippen molar-refractivity contribution in [3.8, 4) is 0 Å². The highest BCUT2D eigenvalue weighted by molar-refractivity contribution is 7.92. The molecular formula is C22H29N3O3S. The maximum Gasteiger partial charge on any atom is 0.235 e. The van der Waals surface area contributed by atoms with Gasteiger partial charge in [0.15, 0.2) is 0 Å². The van der Waals surface area contributed by atoms with Crippen molar-refractivity contribution in [1.82, 2.24) is 4.57 Å². The lowest BCUT2D eigenvalue weighted by atomic mass is 9.78. The lowest BCUT2D eigenvalue weighted by molar-refractivity contribution is -0.118. The summed E-state index contributed by atoms with van der Waals surface area (Å²) in [6.07, 6.45) is 11.6. The summed E-state index contributed by atoms with van der Waals surface area (Å²) in [7, 11) is -3.27. The fourth-order valence-corrected chi connectivity index (χ4v) is 6.34. The second-order valence-corrected chi connectivity index (χ2v) is 10.3. The van der Waals surface area contributed by atoms with E-state index in [0.717, 1.165) is 32.1 Å². The Labute approximate surface area is 173 Å². The standard InChI is InChI=1S/C22H29N3O3S/c26-21(18-22(11-2-1-3-12-22)24-13-4-5-14-24)23-19-9-8-10-20(17-19)25-15-6-7-16-29(25,27)28/h4-5,8-10,13-14,17H,1-3,6-7,11-12,15-16,18H2,(H,23,26). The number of carbonyl (C=O) groups is 1. The maximum absolute atomic E-state index is 12.9. The average molecular weight is 416 g/mol. The van der Waals surface area contributed by atoms with Crippen molar-refractivity contribution in [2.45, 2.75) is 56.9 Å². The van der Waals surface area contributed by atoms with E-state index in [1.165, 1.54) is 10.7 Å². The van der Waals surface area contributed by atoms with E-state index in [9.17, 15) is 13.2 Å². The third-order valence-electron chi connectivity index (χ3n) is 6.19. The molecule has 0 unspecified atom stereocenters. The number of benzene rings is 1. The van der Waals surface area contributed by atoms with Crippen molar-refractivity contribution in [2.24, 2.45) is 0 Å². The molecule has 1 aromatic heterocycles. The molecule has 7 heteroatoms. The number of rotatable bonds is 5. The number of hydrogen-bond donors (Lipinski definition) is 1. The zero-order valence-electron chi connectivity index (χ0n) is 16.7. The first-order valence-electron chi connectivity index (χ1n) is 10.5. The fraction of sp³-hybridized carbons (Fsp3) is 0.500. The van der Waals surface area contributed by atoms with E-state index in [1.54, 1.807) is 18.2 Å². The minimum Gasteiger partial charge on any atom is -0.348 e. The Bertz CT molecular complexity index is 947. The molecular weight excluding hydrogens is 386 g/mol. The molecule has 1 aromatic carbocycles. The molecule has 2 aliphatic rings. The van der Waals surface area contributed by atoms with Crippen LogP contribution in [-0.4, -0.2) is 31.2 Å². The van der Waals surface area contributed by atoms with E-state index in [4.69, 9.17) is 0 Å². The van der Waals surface area contributed by atoms with Gasteiger partial charge in [-0.15, -0.1) is 0 Å². The SMILES string of the molecule is O=C(CC1(n2cccc2)CCCCC1)Nc1cccc(N2CCCCS2(=O)=O)c1. The van der Waals surface area contributed by atoms with Gasteiger partial charge >= 0.3 is 0 Å². The van der Waals surface area contributed by atoms with Crippen LogP contribution in [0.3, 0.4) is 0 Å². The van der Waals surface area contributed by atoms with Crippen LogP contribution >= 0.6 is 0 Å². The van der Waals surface area contributed by atoms with Crippen LogP contribution in [0.5, 0.6) is 0 Å². The molecule has 4 rings (SSSR count). The molecule has 1 aliphatic heterocycles. The average Bonchev–Trinajstić information content (AvgIpc) is 3.24. The summed E-state index contributed by atoms with van der Waals surface area (Å²) in [5.41, 5.74) is 1.10. The number of anilines is 2. The first kappa shape index (κ1) is 20.0. The number of amides is 1. The summed E-state index contributed by atoms with van der Waals surface area (Å²) in [6.45, 7) is 0.497. The molecule has 2 aromatic rings. The predicted octanol–water partition coefficient (Wildman–Crippen LogP) is 4.11. The molecule has 1 amide bonds. The Hall–Kier alpha value is -2.28. The molecule has 0 bridgehead atoms. The Morgan fingerprint density at radius 3 is 2.48 bits per heavy atom. The van der Waals surface area contributed by atoms with Gasteiger partial charge in [-0.1, -0.05) is 25.3 Å². The zero-order valence-corrected chi connectivity index (χ0v) is 17.5. The lowest BCUT2D eigenvalue weighted by Crippen LogP contribution is -2.39. The molecule has 0 spiro atoms. The molecule has 1 aliphatic carbocycles. The molecule has 1 N–H and O–H groups in total. The topological polar surface area (TPSA) is 71.4 Å². The van der Waals surface area contributed by atoms with Crippen molar-refractivity contribution < 1.29 is 13.2 Å². The smallest absolute Gasteiger partial charge is 0.235 e. The minimum atomic E-state index is -3.27. The highest BCUT2D eigenvalue weighted by Gasteiger charge is 2.35. The van der Waals surface area contributed by atoms with E-state index in [-0.39, 0.29) is 17.2 Å². The zero-order chi connectivity index (χ0) is 20.3. The van der Waals surface area contributed by atoms with Crippen LogP contribution in [0, 0.1) is 0 Å². The van der Waals surface area contributed by atoms with Gasteiger partial charge in [0.05, 0.1) is 23.4 Å². The van der Waals surface area contributed by atoms with Gasteiger partial charge < -0.3 is 9.88 Å². The van der Waals surface area contributed by atoms with Gasteiger partial charge in [-0.05, 0) is 56.0 Å². The molecule has 0 radical (unpaired) electrons. The number of carbonyl (C=O) groups excluding carboxylic acids is 1. The lowest BCUT2D eigenvalue weighted by Gasteiger charge is -2.38. The van der Waals surface area contributed by atoms with Crippen LogP contribution in [0.4, 0.5) is 11.4 Å². The normalized spacial score (nSPS) is 20.9. The van der Waals surface area contributed by atoms with E-state index in [0.29, 0.717) is 30.8 Å². The van der Waals surface area contributed by atoms with E-state index < -0.39 is 10.0 Å². The van der Waals surface area contributed by atoms with Crippen LogP contribution in [0.2, 0.25) is 0 Å². The van der Waals surface area contributed by atoms with Crippen molar-refractivity contribution in [3.63, 3.8) is 0 Å². The van der Waals surface area contributed by atoms with Crippen molar-refractivity contribution in [3.05, 3.63) is 48.8 Å². The second-order valence-electron chi connectivity index (χ2n) is 8.25. The van der Waals surface area contributed by atoms with Crippen LogP contribution in [0.25, 0.3) is 0 Å². The molecule has 0 atom stereocenters. The third-order valence-corrected chi connectivity index (χ3v) is 8.06. The van der Waals surface area contributed by atoms with Crippen LogP contribution in [0.15, 0.2) is 48.8 Å². The summed E-state index contributed by atoms with van der Waals surface area (Å²) in [5, 5.41) is 3.01. The number of nitrogens with one attached hydrogen (secondary N) is 1. The summed E-state index contributed by atoms with van der Waals surface area (Å²) in [4.78, 5) is 12.9. The number of sulfonamides is 1. The monoisotopic (exact) mass is 415 g/mol. The van der Waals surface area contributed by atoms with Gasteiger partial charge in [-0.25, -0.2) is 8.42 Å². The van der Waals surface area contributed by atoms with Crippen molar-refractivity contribution in [2.75, 3.05) is 21.9 Å². The molecule has 6 nitrogen and oxygen atoms in total. The van der Waals surface area contributed by atoms with E-state index in [1.807, 2.05) is 18.2 Å².